The number of carbonyl (C=O) groups is 1. The molecule has 1 rings (SSSR count). The number of ether oxygens (including phenoxy) is 1. The lowest BCUT2D eigenvalue weighted by Gasteiger charge is -2.18. The molecule has 0 aromatic heterocycles. The molecule has 1 aromatic carbocycles. The molecule has 0 aliphatic heterocycles. The number of rotatable bonds is 6. The van der Waals surface area contributed by atoms with Crippen molar-refractivity contribution in [2.45, 2.75) is 6.42 Å². The van der Waals surface area contributed by atoms with Crippen molar-refractivity contribution >= 4 is 45.1 Å². The molecule has 0 amide bonds. The molecule has 0 aliphatic rings. The third kappa shape index (κ3) is 4.82. The van der Waals surface area contributed by atoms with Gasteiger partial charge in [0.05, 0.1) is 24.2 Å². The Labute approximate surface area is 127 Å². The van der Waals surface area contributed by atoms with Crippen LogP contribution >= 0.6 is 23.2 Å². The second-order valence-electron chi connectivity index (χ2n) is 3.88. The summed E-state index contributed by atoms with van der Waals surface area (Å²) in [5, 5.41) is 0.573. The Balaban J connectivity index is 2.78. The van der Waals surface area contributed by atoms with Crippen LogP contribution in [0.1, 0.15) is 6.42 Å². The van der Waals surface area contributed by atoms with Gasteiger partial charge in [-0.2, -0.15) is 12.7 Å². The summed E-state index contributed by atoms with van der Waals surface area (Å²) in [4.78, 5) is 11.0. The van der Waals surface area contributed by atoms with Gasteiger partial charge in [-0.3, -0.25) is 9.52 Å². The molecule has 0 saturated carbocycles. The van der Waals surface area contributed by atoms with Gasteiger partial charge in [-0.05, 0) is 18.2 Å². The molecule has 0 radical (unpaired) electrons. The maximum atomic E-state index is 12.0. The fourth-order valence-electron chi connectivity index (χ4n) is 1.26. The molecule has 0 spiro atoms. The highest BCUT2D eigenvalue weighted by Crippen LogP contribution is 2.26. The predicted molar refractivity (Wildman–Crippen MR) is 78.3 cm³/mol. The molecule has 9 heteroatoms. The van der Waals surface area contributed by atoms with E-state index >= 15 is 0 Å². The Bertz CT molecular complexity index is 592. The summed E-state index contributed by atoms with van der Waals surface area (Å²) in [6.45, 7) is -0.0137. The number of carbonyl (C=O) groups excluding carboxylic acids is 1. The van der Waals surface area contributed by atoms with Gasteiger partial charge in [0.15, 0.2) is 0 Å². The van der Waals surface area contributed by atoms with Gasteiger partial charge in [0, 0.05) is 18.6 Å². The molecular formula is C11H14Cl2N2O4S. The van der Waals surface area contributed by atoms with Crippen molar-refractivity contribution in [2.75, 3.05) is 25.4 Å². The van der Waals surface area contributed by atoms with Crippen molar-refractivity contribution in [2.24, 2.45) is 0 Å². The molecule has 0 fully saturated rings. The minimum Gasteiger partial charge on any atom is -0.469 e. The number of benzene rings is 1. The Morgan fingerprint density at radius 2 is 2.05 bits per heavy atom. The van der Waals surface area contributed by atoms with Crippen LogP contribution in [0.2, 0.25) is 10.0 Å². The van der Waals surface area contributed by atoms with Gasteiger partial charge in [-0.25, -0.2) is 0 Å². The first-order valence-corrected chi connectivity index (χ1v) is 7.72. The van der Waals surface area contributed by atoms with Gasteiger partial charge < -0.3 is 4.74 Å². The highest BCUT2D eigenvalue weighted by molar-refractivity contribution is 7.90. The topological polar surface area (TPSA) is 75.7 Å². The largest absolute Gasteiger partial charge is 0.469 e. The molecular weight excluding hydrogens is 327 g/mol. The lowest BCUT2D eigenvalue weighted by molar-refractivity contribution is -0.140. The van der Waals surface area contributed by atoms with E-state index in [0.717, 1.165) is 4.31 Å². The molecule has 0 atom stereocenters. The van der Waals surface area contributed by atoms with Crippen LogP contribution in [0.3, 0.4) is 0 Å². The fourth-order valence-corrected chi connectivity index (χ4v) is 2.59. The second-order valence-corrected chi connectivity index (χ2v) is 6.50. The number of halogens is 2. The molecule has 112 valence electrons. The summed E-state index contributed by atoms with van der Waals surface area (Å²) < 4.78 is 31.8. The summed E-state index contributed by atoms with van der Waals surface area (Å²) in [5.41, 5.74) is 0.170. The van der Waals surface area contributed by atoms with Crippen LogP contribution in [0.5, 0.6) is 0 Å². The molecule has 1 N–H and O–H groups in total. The fraction of sp³-hybridized carbons (Fsp3) is 0.364. The summed E-state index contributed by atoms with van der Waals surface area (Å²) >= 11 is 11.7. The van der Waals surface area contributed by atoms with Gasteiger partial charge in [0.2, 0.25) is 0 Å². The SMILES string of the molecule is COC(=O)CCN(C)S(=O)(=O)Nc1cc(Cl)ccc1Cl. The third-order valence-corrected chi connectivity index (χ3v) is 4.48. The highest BCUT2D eigenvalue weighted by Gasteiger charge is 2.19. The average molecular weight is 341 g/mol. The first-order valence-electron chi connectivity index (χ1n) is 5.52. The summed E-state index contributed by atoms with van der Waals surface area (Å²) in [6.07, 6.45) is -0.0445. The molecule has 0 bridgehead atoms. The Hall–Kier alpha value is -1.02. The summed E-state index contributed by atoms with van der Waals surface area (Å²) in [5.74, 6) is -0.493. The maximum absolute atomic E-state index is 12.0. The normalized spacial score (nSPS) is 11.4. The lowest BCUT2D eigenvalue weighted by Crippen LogP contribution is -2.34. The summed E-state index contributed by atoms with van der Waals surface area (Å²) in [6, 6.07) is 4.43. The van der Waals surface area contributed by atoms with Crippen LogP contribution in [0, 0.1) is 0 Å². The zero-order chi connectivity index (χ0) is 15.3. The molecule has 6 nitrogen and oxygen atoms in total. The van der Waals surface area contributed by atoms with Crippen molar-refractivity contribution in [3.05, 3.63) is 28.2 Å². The van der Waals surface area contributed by atoms with Crippen LogP contribution in [-0.4, -0.2) is 39.4 Å². The van der Waals surface area contributed by atoms with Crippen molar-refractivity contribution in [3.8, 4) is 0 Å². The minimum absolute atomic E-state index is 0.0137. The minimum atomic E-state index is -3.82. The van der Waals surface area contributed by atoms with Gasteiger partial charge in [-0.15, -0.1) is 0 Å². The van der Waals surface area contributed by atoms with Crippen LogP contribution in [0.25, 0.3) is 0 Å². The Morgan fingerprint density at radius 3 is 2.65 bits per heavy atom. The molecule has 0 aliphatic carbocycles. The van der Waals surface area contributed by atoms with Crippen molar-refractivity contribution in [3.63, 3.8) is 0 Å². The lowest BCUT2D eigenvalue weighted by atomic mass is 10.3. The first-order chi connectivity index (χ1) is 9.26. The van der Waals surface area contributed by atoms with Crippen molar-refractivity contribution in [1.29, 1.82) is 0 Å². The van der Waals surface area contributed by atoms with E-state index in [-0.39, 0.29) is 23.7 Å². The van der Waals surface area contributed by atoms with E-state index in [1.807, 2.05) is 0 Å². The quantitative estimate of drug-likeness (QED) is 0.805. The average Bonchev–Trinajstić information content (AvgIpc) is 2.39. The molecule has 0 heterocycles. The van der Waals surface area contributed by atoms with Crippen molar-refractivity contribution in [1.82, 2.24) is 4.31 Å². The predicted octanol–water partition coefficient (Wildman–Crippen LogP) is 2.14. The van der Waals surface area contributed by atoms with Crippen LogP contribution < -0.4 is 4.72 Å². The monoisotopic (exact) mass is 340 g/mol. The zero-order valence-electron chi connectivity index (χ0n) is 10.9. The highest BCUT2D eigenvalue weighted by atomic mass is 35.5. The number of nitrogens with zero attached hydrogens (tertiary/aromatic N) is 1. The van der Waals surface area contributed by atoms with Crippen molar-refractivity contribution < 1.29 is 17.9 Å². The number of esters is 1. The number of hydrogen-bond acceptors (Lipinski definition) is 4. The zero-order valence-corrected chi connectivity index (χ0v) is 13.2. The smallest absolute Gasteiger partial charge is 0.306 e. The van der Waals surface area contributed by atoms with Crippen LogP contribution in [-0.2, 0) is 19.7 Å². The van der Waals surface area contributed by atoms with E-state index in [1.165, 1.54) is 26.3 Å². The molecule has 0 unspecified atom stereocenters. The Kier molecular flexibility index (Phi) is 6.07. The van der Waals surface area contributed by atoms with Gasteiger partial charge >= 0.3 is 16.2 Å². The number of hydrogen-bond donors (Lipinski definition) is 1. The van der Waals surface area contributed by atoms with E-state index in [0.29, 0.717) is 5.02 Å². The van der Waals surface area contributed by atoms with E-state index in [2.05, 4.69) is 9.46 Å². The standard InChI is InChI=1S/C11H14Cl2N2O4S/c1-15(6-5-11(16)19-2)20(17,18)14-10-7-8(12)3-4-9(10)13/h3-4,7,14H,5-6H2,1-2H3. The van der Waals surface area contributed by atoms with Crippen LogP contribution in [0.15, 0.2) is 18.2 Å². The molecule has 0 saturated heterocycles. The van der Waals surface area contributed by atoms with E-state index in [1.54, 1.807) is 6.07 Å². The van der Waals surface area contributed by atoms with Gasteiger partial charge in [0.25, 0.3) is 0 Å². The van der Waals surface area contributed by atoms with E-state index in [9.17, 15) is 13.2 Å². The second kappa shape index (κ2) is 7.12. The number of anilines is 1. The summed E-state index contributed by atoms with van der Waals surface area (Å²) in [7, 11) is -1.25. The van der Waals surface area contributed by atoms with Gasteiger partial charge in [-0.1, -0.05) is 23.2 Å². The molecule has 20 heavy (non-hydrogen) atoms. The third-order valence-electron chi connectivity index (χ3n) is 2.44. The van der Waals surface area contributed by atoms with E-state index < -0.39 is 16.2 Å². The molecule has 1 aromatic rings. The number of nitrogens with one attached hydrogen (secondary N) is 1. The Morgan fingerprint density at radius 1 is 1.40 bits per heavy atom. The van der Waals surface area contributed by atoms with E-state index in [4.69, 9.17) is 23.2 Å². The first kappa shape index (κ1) is 17.0. The maximum Gasteiger partial charge on any atom is 0.306 e. The van der Waals surface area contributed by atoms with Crippen LogP contribution in [0.4, 0.5) is 5.69 Å². The van der Waals surface area contributed by atoms with Gasteiger partial charge in [0.1, 0.15) is 0 Å². The number of methoxy groups -OCH3 is 1.